The van der Waals surface area contributed by atoms with Crippen LogP contribution in [-0.2, 0) is 6.42 Å². The number of fused-ring (bicyclic) bond motifs is 1. The van der Waals surface area contributed by atoms with Crippen molar-refractivity contribution in [2.45, 2.75) is 19.3 Å². The van der Waals surface area contributed by atoms with Crippen molar-refractivity contribution in [1.29, 1.82) is 0 Å². The van der Waals surface area contributed by atoms with Crippen LogP contribution in [-0.4, -0.2) is 6.54 Å². The molecule has 1 heterocycles. The lowest BCUT2D eigenvalue weighted by atomic mass is 10.1. The van der Waals surface area contributed by atoms with E-state index in [1.807, 2.05) is 23.1 Å². The average molecular weight is 274 g/mol. The van der Waals surface area contributed by atoms with Crippen molar-refractivity contribution in [2.75, 3.05) is 17.2 Å². The Balaban J connectivity index is 2.15. The van der Waals surface area contributed by atoms with E-state index < -0.39 is 11.6 Å². The van der Waals surface area contributed by atoms with E-state index in [1.54, 1.807) is 0 Å². The number of anilines is 3. The second kappa shape index (κ2) is 5.12. The van der Waals surface area contributed by atoms with Crippen molar-refractivity contribution in [3.63, 3.8) is 0 Å². The second-order valence-electron chi connectivity index (χ2n) is 5.06. The maximum atomic E-state index is 13.7. The summed E-state index contributed by atoms with van der Waals surface area (Å²) in [5, 5.41) is 0. The van der Waals surface area contributed by atoms with Crippen LogP contribution in [0.2, 0.25) is 0 Å². The van der Waals surface area contributed by atoms with Gasteiger partial charge in [-0.15, -0.1) is 0 Å². The van der Waals surface area contributed by atoms with Crippen molar-refractivity contribution in [3.8, 4) is 0 Å². The third kappa shape index (κ3) is 2.22. The van der Waals surface area contributed by atoms with Gasteiger partial charge in [-0.05, 0) is 37.0 Å². The Morgan fingerprint density at radius 1 is 1.00 bits per heavy atom. The number of hydrogen-bond donors (Lipinski definition) is 1. The monoisotopic (exact) mass is 274 g/mol. The van der Waals surface area contributed by atoms with Gasteiger partial charge in [0.25, 0.3) is 0 Å². The van der Waals surface area contributed by atoms with E-state index in [-0.39, 0.29) is 5.69 Å². The molecule has 0 spiro atoms. The molecule has 3 rings (SSSR count). The van der Waals surface area contributed by atoms with E-state index in [0.717, 1.165) is 31.0 Å². The van der Waals surface area contributed by atoms with Crippen LogP contribution in [0.5, 0.6) is 0 Å². The van der Waals surface area contributed by atoms with Crippen molar-refractivity contribution in [1.82, 2.24) is 0 Å². The fourth-order valence-corrected chi connectivity index (χ4v) is 2.74. The fraction of sp³-hybridized carbons (Fsp3) is 0.250. The molecule has 1 aliphatic heterocycles. The molecule has 2 aromatic carbocycles. The van der Waals surface area contributed by atoms with Gasteiger partial charge < -0.3 is 10.6 Å². The predicted octanol–water partition coefficient (Wildman–Crippen LogP) is 4.02. The molecule has 2 N–H and O–H groups in total. The number of nitrogens with two attached hydrogens (primary N) is 1. The Bertz CT molecular complexity index is 640. The summed E-state index contributed by atoms with van der Waals surface area (Å²) in [5.41, 5.74) is 8.40. The molecule has 0 saturated carbocycles. The summed E-state index contributed by atoms with van der Waals surface area (Å²) in [6.07, 6.45) is 3.00. The zero-order chi connectivity index (χ0) is 14.1. The number of benzene rings is 2. The van der Waals surface area contributed by atoms with Crippen LogP contribution in [0, 0.1) is 11.6 Å². The highest BCUT2D eigenvalue weighted by Crippen LogP contribution is 2.37. The molecule has 0 atom stereocenters. The maximum absolute atomic E-state index is 13.7. The minimum absolute atomic E-state index is 0.00287. The number of nitrogen functional groups attached to an aromatic ring is 1. The van der Waals surface area contributed by atoms with Gasteiger partial charge in [-0.3, -0.25) is 0 Å². The molecule has 20 heavy (non-hydrogen) atoms. The number of nitrogens with zero attached hydrogens (tertiary/aromatic N) is 1. The Labute approximate surface area is 116 Å². The normalized spacial score (nSPS) is 14.8. The minimum atomic E-state index is -0.707. The van der Waals surface area contributed by atoms with Gasteiger partial charge >= 0.3 is 0 Å². The largest absolute Gasteiger partial charge is 0.395 e. The lowest BCUT2D eigenvalue weighted by molar-refractivity contribution is 0.586. The molecule has 0 saturated heterocycles. The highest BCUT2D eigenvalue weighted by Gasteiger charge is 2.20. The third-order valence-corrected chi connectivity index (χ3v) is 3.72. The first-order valence-corrected chi connectivity index (χ1v) is 6.77. The highest BCUT2D eigenvalue weighted by molar-refractivity contribution is 5.77. The molecular formula is C16H16F2N2. The molecule has 2 aromatic rings. The minimum Gasteiger partial charge on any atom is -0.395 e. The van der Waals surface area contributed by atoms with Crippen LogP contribution in [0.3, 0.4) is 0 Å². The van der Waals surface area contributed by atoms with E-state index in [4.69, 9.17) is 5.73 Å². The van der Waals surface area contributed by atoms with Gasteiger partial charge in [-0.1, -0.05) is 18.2 Å². The lowest BCUT2D eigenvalue weighted by Gasteiger charge is -2.26. The average Bonchev–Trinajstić information content (AvgIpc) is 2.65. The summed E-state index contributed by atoms with van der Waals surface area (Å²) in [6.45, 7) is 0.712. The number of halogens is 2. The first kappa shape index (κ1) is 12.9. The van der Waals surface area contributed by atoms with Crippen LogP contribution in [0.25, 0.3) is 0 Å². The van der Waals surface area contributed by atoms with Crippen LogP contribution < -0.4 is 10.6 Å². The quantitative estimate of drug-likeness (QED) is 0.796. The predicted molar refractivity (Wildman–Crippen MR) is 77.2 cm³/mol. The molecule has 0 aliphatic carbocycles. The Morgan fingerprint density at radius 3 is 2.65 bits per heavy atom. The van der Waals surface area contributed by atoms with E-state index in [9.17, 15) is 8.78 Å². The molecule has 0 unspecified atom stereocenters. The van der Waals surface area contributed by atoms with Gasteiger partial charge in [0.05, 0.1) is 11.4 Å². The second-order valence-corrected chi connectivity index (χ2v) is 5.06. The van der Waals surface area contributed by atoms with E-state index in [1.165, 1.54) is 11.6 Å². The van der Waals surface area contributed by atoms with Gasteiger partial charge in [0.2, 0.25) is 0 Å². The van der Waals surface area contributed by atoms with Gasteiger partial charge in [0, 0.05) is 18.3 Å². The Hall–Kier alpha value is -2.10. The highest BCUT2D eigenvalue weighted by atomic mass is 19.1. The van der Waals surface area contributed by atoms with Gasteiger partial charge in [-0.2, -0.15) is 0 Å². The van der Waals surface area contributed by atoms with Crippen molar-refractivity contribution >= 4 is 17.1 Å². The summed E-state index contributed by atoms with van der Waals surface area (Å²) in [4.78, 5) is 1.92. The van der Waals surface area contributed by atoms with Crippen molar-refractivity contribution in [3.05, 3.63) is 53.6 Å². The number of para-hydroxylation sites is 1. The molecule has 0 fully saturated rings. The van der Waals surface area contributed by atoms with Gasteiger partial charge in [0.15, 0.2) is 5.82 Å². The van der Waals surface area contributed by atoms with Crippen LogP contribution in [0.15, 0.2) is 36.4 Å². The summed E-state index contributed by atoms with van der Waals surface area (Å²) in [5.74, 6) is -1.31. The number of aryl methyl sites for hydroxylation is 1. The molecular weight excluding hydrogens is 258 g/mol. The molecule has 0 bridgehead atoms. The summed E-state index contributed by atoms with van der Waals surface area (Å²) in [7, 11) is 0. The molecule has 0 amide bonds. The Kier molecular flexibility index (Phi) is 3.30. The summed E-state index contributed by atoms with van der Waals surface area (Å²) >= 11 is 0. The zero-order valence-electron chi connectivity index (χ0n) is 11.1. The van der Waals surface area contributed by atoms with Crippen molar-refractivity contribution < 1.29 is 8.78 Å². The first-order chi connectivity index (χ1) is 9.66. The lowest BCUT2D eigenvalue weighted by Crippen LogP contribution is -2.20. The van der Waals surface area contributed by atoms with E-state index in [0.29, 0.717) is 12.2 Å². The van der Waals surface area contributed by atoms with Crippen LogP contribution in [0.1, 0.15) is 18.4 Å². The molecule has 2 nitrogen and oxygen atoms in total. The molecule has 0 radical (unpaired) electrons. The molecule has 0 aromatic heterocycles. The van der Waals surface area contributed by atoms with E-state index in [2.05, 4.69) is 6.07 Å². The van der Waals surface area contributed by atoms with E-state index >= 15 is 0 Å². The standard InChI is InChI=1S/C16H16F2N2/c17-12-9-13(18)16(19)15(10-12)20-8-4-3-6-11-5-1-2-7-14(11)20/h1-2,5,7,9-10H,3-4,6,8,19H2. The first-order valence-electron chi connectivity index (χ1n) is 6.77. The molecule has 4 heteroatoms. The number of rotatable bonds is 1. The maximum Gasteiger partial charge on any atom is 0.151 e. The third-order valence-electron chi connectivity index (χ3n) is 3.72. The van der Waals surface area contributed by atoms with Gasteiger partial charge in [-0.25, -0.2) is 8.78 Å². The number of hydrogen-bond acceptors (Lipinski definition) is 2. The smallest absolute Gasteiger partial charge is 0.151 e. The molecule has 1 aliphatic rings. The fourth-order valence-electron chi connectivity index (χ4n) is 2.74. The topological polar surface area (TPSA) is 29.3 Å². The van der Waals surface area contributed by atoms with Gasteiger partial charge in [0.1, 0.15) is 5.82 Å². The summed E-state index contributed by atoms with van der Waals surface area (Å²) in [6, 6.07) is 10.1. The summed E-state index contributed by atoms with van der Waals surface area (Å²) < 4.78 is 27.2. The zero-order valence-corrected chi connectivity index (χ0v) is 11.1. The molecule has 104 valence electrons. The Morgan fingerprint density at radius 2 is 1.80 bits per heavy atom. The van der Waals surface area contributed by atoms with Crippen LogP contribution >= 0.6 is 0 Å². The van der Waals surface area contributed by atoms with Crippen molar-refractivity contribution in [2.24, 2.45) is 0 Å². The SMILES string of the molecule is Nc1c(F)cc(F)cc1N1CCCCc2ccccc21. The van der Waals surface area contributed by atoms with Crippen LogP contribution in [0.4, 0.5) is 25.8 Å².